The fourth-order valence-electron chi connectivity index (χ4n) is 3.52. The molecule has 2 amide bonds. The molecule has 5 heteroatoms. The first-order valence-corrected chi connectivity index (χ1v) is 6.44. The monoisotopic (exact) mass is 249 g/mol. The van der Waals surface area contributed by atoms with E-state index in [0.29, 0.717) is 11.8 Å². The smallest absolute Gasteiger partial charge is 0.320 e. The number of nitrogens with one attached hydrogen (secondary N) is 1. The van der Waals surface area contributed by atoms with Crippen LogP contribution in [-0.4, -0.2) is 52.3 Å². The Hall–Kier alpha value is -1.52. The number of piperidine rings is 1. The standard InChI is InChI=1S/C13H19N3O2/c1-8(17)5-9(14)10-6-13(3-4-13)11-7-16(10)12(18)15(11)2/h5,10-11,14,17H,3-4,6-7H2,1-2H3/b8-5-,14-9?. The van der Waals surface area contributed by atoms with Crippen molar-refractivity contribution in [2.24, 2.45) is 5.41 Å². The zero-order valence-corrected chi connectivity index (χ0v) is 10.8. The fraction of sp³-hybridized carbons (Fsp3) is 0.692. The molecule has 0 aromatic carbocycles. The number of hydrogen-bond donors (Lipinski definition) is 2. The van der Waals surface area contributed by atoms with Crippen molar-refractivity contribution < 1.29 is 9.90 Å². The van der Waals surface area contributed by atoms with E-state index in [1.165, 1.54) is 6.08 Å². The number of hydrogen-bond acceptors (Lipinski definition) is 3. The Kier molecular flexibility index (Phi) is 2.24. The summed E-state index contributed by atoms with van der Waals surface area (Å²) >= 11 is 0. The zero-order chi connectivity index (χ0) is 13.1. The first-order valence-electron chi connectivity index (χ1n) is 6.44. The van der Waals surface area contributed by atoms with Crippen LogP contribution in [0.3, 0.4) is 0 Å². The van der Waals surface area contributed by atoms with Crippen LogP contribution in [0.25, 0.3) is 0 Å². The molecular weight excluding hydrogens is 230 g/mol. The number of carbonyl (C=O) groups excluding carboxylic acids is 1. The van der Waals surface area contributed by atoms with Crippen LogP contribution >= 0.6 is 0 Å². The minimum atomic E-state index is -0.164. The third-order valence-electron chi connectivity index (χ3n) is 4.68. The molecule has 1 spiro atoms. The number of allylic oxidation sites excluding steroid dienone is 1. The van der Waals surface area contributed by atoms with Gasteiger partial charge in [0.2, 0.25) is 0 Å². The molecule has 3 fully saturated rings. The number of aliphatic hydroxyl groups excluding tert-OH is 1. The van der Waals surface area contributed by atoms with Crippen LogP contribution in [0.15, 0.2) is 11.8 Å². The highest BCUT2D eigenvalue weighted by molar-refractivity contribution is 6.00. The van der Waals surface area contributed by atoms with Crippen LogP contribution in [0.1, 0.15) is 26.2 Å². The van der Waals surface area contributed by atoms with Crippen molar-refractivity contribution in [3.8, 4) is 0 Å². The average molecular weight is 249 g/mol. The topological polar surface area (TPSA) is 67.6 Å². The lowest BCUT2D eigenvalue weighted by Gasteiger charge is -2.36. The van der Waals surface area contributed by atoms with Crippen LogP contribution in [0.2, 0.25) is 0 Å². The van der Waals surface area contributed by atoms with Crippen molar-refractivity contribution in [1.82, 2.24) is 9.80 Å². The van der Waals surface area contributed by atoms with Gasteiger partial charge in [0, 0.05) is 13.6 Å². The molecule has 5 nitrogen and oxygen atoms in total. The van der Waals surface area contributed by atoms with E-state index >= 15 is 0 Å². The van der Waals surface area contributed by atoms with Crippen LogP contribution in [-0.2, 0) is 0 Å². The number of carbonyl (C=O) groups is 1. The average Bonchev–Trinajstić information content (AvgIpc) is 3.01. The Labute approximate surface area is 107 Å². The maximum absolute atomic E-state index is 12.2. The molecule has 2 bridgehead atoms. The molecule has 2 aliphatic heterocycles. The normalized spacial score (nSPS) is 33.2. The Bertz CT molecular complexity index is 449. The minimum Gasteiger partial charge on any atom is -0.513 e. The van der Waals surface area contributed by atoms with E-state index in [4.69, 9.17) is 5.41 Å². The molecule has 2 unspecified atom stereocenters. The summed E-state index contributed by atoms with van der Waals surface area (Å²) in [4.78, 5) is 15.8. The second kappa shape index (κ2) is 3.49. The predicted molar refractivity (Wildman–Crippen MR) is 67.8 cm³/mol. The summed E-state index contributed by atoms with van der Waals surface area (Å²) in [6, 6.07) is 0.194. The first kappa shape index (κ1) is 11.6. The molecule has 1 aliphatic carbocycles. The van der Waals surface area contributed by atoms with Gasteiger partial charge in [0.1, 0.15) is 0 Å². The van der Waals surface area contributed by atoms with Crippen LogP contribution in [0.5, 0.6) is 0 Å². The van der Waals surface area contributed by atoms with Crippen molar-refractivity contribution in [1.29, 1.82) is 5.41 Å². The summed E-state index contributed by atoms with van der Waals surface area (Å²) in [6.45, 7) is 2.30. The number of nitrogens with zero attached hydrogens (tertiary/aromatic N) is 2. The second-order valence-electron chi connectivity index (χ2n) is 5.88. The van der Waals surface area contributed by atoms with Gasteiger partial charge in [-0.2, -0.15) is 0 Å². The van der Waals surface area contributed by atoms with Gasteiger partial charge in [-0.25, -0.2) is 4.79 Å². The van der Waals surface area contributed by atoms with Gasteiger partial charge >= 0.3 is 6.03 Å². The molecule has 2 saturated heterocycles. The number of urea groups is 1. The summed E-state index contributed by atoms with van der Waals surface area (Å²) in [5.41, 5.74) is 0.592. The van der Waals surface area contributed by atoms with Crippen molar-refractivity contribution in [2.45, 2.75) is 38.3 Å². The number of fused-ring (bicyclic) bond motifs is 3. The van der Waals surface area contributed by atoms with Gasteiger partial charge in [0.05, 0.1) is 23.6 Å². The van der Waals surface area contributed by atoms with Crippen LogP contribution in [0, 0.1) is 10.8 Å². The lowest BCUT2D eigenvalue weighted by atomic mass is 9.83. The largest absolute Gasteiger partial charge is 0.513 e. The fourth-order valence-corrected chi connectivity index (χ4v) is 3.52. The van der Waals surface area contributed by atoms with E-state index < -0.39 is 0 Å². The molecule has 3 rings (SSSR count). The molecule has 0 radical (unpaired) electrons. The third kappa shape index (κ3) is 1.46. The molecule has 0 aromatic heterocycles. The minimum absolute atomic E-state index is 0.0301. The van der Waals surface area contributed by atoms with Gasteiger partial charge in [-0.1, -0.05) is 0 Å². The number of rotatable bonds is 2. The van der Waals surface area contributed by atoms with Gasteiger partial charge in [-0.15, -0.1) is 0 Å². The van der Waals surface area contributed by atoms with Gasteiger partial charge in [-0.3, -0.25) is 0 Å². The van der Waals surface area contributed by atoms with Gasteiger partial charge in [-0.05, 0) is 37.7 Å². The molecule has 3 aliphatic rings. The quantitative estimate of drug-likeness (QED) is 0.578. The Balaban J connectivity index is 1.90. The molecular formula is C13H19N3O2. The summed E-state index contributed by atoms with van der Waals surface area (Å²) in [5.74, 6) is 0.131. The maximum atomic E-state index is 12.2. The van der Waals surface area contributed by atoms with Crippen molar-refractivity contribution in [3.63, 3.8) is 0 Å². The van der Waals surface area contributed by atoms with E-state index in [2.05, 4.69) is 0 Å². The molecule has 2 heterocycles. The summed E-state index contributed by atoms with van der Waals surface area (Å²) in [7, 11) is 1.87. The molecule has 98 valence electrons. The molecule has 2 N–H and O–H groups in total. The van der Waals surface area contributed by atoms with Gasteiger partial charge in [0.15, 0.2) is 0 Å². The lowest BCUT2D eigenvalue weighted by molar-refractivity contribution is 0.175. The maximum Gasteiger partial charge on any atom is 0.320 e. The molecule has 18 heavy (non-hydrogen) atoms. The van der Waals surface area contributed by atoms with Crippen molar-refractivity contribution in [3.05, 3.63) is 11.8 Å². The van der Waals surface area contributed by atoms with Gasteiger partial charge in [0.25, 0.3) is 0 Å². The number of aliphatic hydroxyl groups is 1. The molecule has 2 atom stereocenters. The SMILES string of the molecule is C/C(O)=C/C(=N)C1CC2(CC2)C2CN1C(=O)N2C. The second-order valence-corrected chi connectivity index (χ2v) is 5.88. The van der Waals surface area contributed by atoms with Crippen LogP contribution < -0.4 is 0 Å². The summed E-state index contributed by atoms with van der Waals surface area (Å²) < 4.78 is 0. The van der Waals surface area contributed by atoms with E-state index in [1.807, 2.05) is 11.9 Å². The highest BCUT2D eigenvalue weighted by atomic mass is 16.3. The van der Waals surface area contributed by atoms with E-state index in [0.717, 1.165) is 25.8 Å². The van der Waals surface area contributed by atoms with Crippen molar-refractivity contribution >= 4 is 11.7 Å². The van der Waals surface area contributed by atoms with E-state index in [-0.39, 0.29) is 23.2 Å². The van der Waals surface area contributed by atoms with E-state index in [1.54, 1.807) is 11.8 Å². The highest BCUT2D eigenvalue weighted by Gasteiger charge is 2.61. The van der Waals surface area contributed by atoms with Gasteiger partial charge < -0.3 is 20.3 Å². The van der Waals surface area contributed by atoms with Crippen LogP contribution in [0.4, 0.5) is 4.79 Å². The number of amides is 2. The Morgan fingerprint density at radius 2 is 2.22 bits per heavy atom. The highest BCUT2D eigenvalue weighted by Crippen LogP contribution is 2.58. The predicted octanol–water partition coefficient (Wildman–Crippen LogP) is 1.76. The Morgan fingerprint density at radius 3 is 2.78 bits per heavy atom. The summed E-state index contributed by atoms with van der Waals surface area (Å²) in [5, 5.41) is 17.4. The third-order valence-corrected chi connectivity index (χ3v) is 4.68. The summed E-state index contributed by atoms with van der Waals surface area (Å²) in [6.07, 6.45) is 4.66. The molecule has 0 aromatic rings. The first-order chi connectivity index (χ1) is 8.44. The van der Waals surface area contributed by atoms with E-state index in [9.17, 15) is 9.90 Å². The number of likely N-dealkylation sites (N-methyl/N-ethyl adjacent to an activating group) is 1. The zero-order valence-electron chi connectivity index (χ0n) is 10.8. The Morgan fingerprint density at radius 1 is 1.56 bits per heavy atom. The lowest BCUT2D eigenvalue weighted by Crippen LogP contribution is -2.48. The molecule has 1 saturated carbocycles. The van der Waals surface area contributed by atoms with Crippen molar-refractivity contribution in [2.75, 3.05) is 13.6 Å².